The minimum atomic E-state index is -0.586. The highest BCUT2D eigenvalue weighted by molar-refractivity contribution is 5.85. The Hall–Kier alpha value is -0.570. The molecular weight excluding hydrogens is 204 g/mol. The highest BCUT2D eigenvalue weighted by atomic mass is 16.7. The average molecular weight is 226 g/mol. The Morgan fingerprint density at radius 1 is 1.31 bits per heavy atom. The topological polar surface area (TPSA) is 38.8 Å². The van der Waals surface area contributed by atoms with Crippen molar-refractivity contribution in [3.05, 3.63) is 0 Å². The average Bonchev–Trinajstić information content (AvgIpc) is 2.66. The summed E-state index contributed by atoms with van der Waals surface area (Å²) in [4.78, 5) is 12.0. The molecule has 1 heterocycles. The van der Waals surface area contributed by atoms with E-state index >= 15 is 0 Å². The molecule has 2 fully saturated rings. The van der Waals surface area contributed by atoms with Gasteiger partial charge in [-0.3, -0.25) is 0 Å². The monoisotopic (exact) mass is 226 g/mol. The maximum Gasteiger partial charge on any atom is 0.341 e. The fraction of sp³-hybridized carbons (Fsp3) is 0.923. The second kappa shape index (κ2) is 4.36. The normalized spacial score (nSPS) is 30.6. The maximum atomic E-state index is 12.0. The molecule has 0 N–H and O–H groups in total. The van der Waals surface area contributed by atoms with E-state index in [1.54, 1.807) is 0 Å². The van der Waals surface area contributed by atoms with Crippen LogP contribution >= 0.6 is 0 Å². The van der Waals surface area contributed by atoms with Gasteiger partial charge in [0.15, 0.2) is 5.60 Å². The van der Waals surface area contributed by atoms with Crippen LogP contribution in [0.4, 0.5) is 0 Å². The van der Waals surface area contributed by atoms with E-state index in [-0.39, 0.29) is 11.6 Å². The third-order valence-electron chi connectivity index (χ3n) is 4.03. The Balaban J connectivity index is 1.93. The Morgan fingerprint density at radius 2 is 2.00 bits per heavy atom. The zero-order valence-corrected chi connectivity index (χ0v) is 10.4. The van der Waals surface area contributed by atoms with Gasteiger partial charge in [-0.2, -0.15) is 0 Å². The first-order valence-corrected chi connectivity index (χ1v) is 6.58. The van der Waals surface area contributed by atoms with Gasteiger partial charge in [0.2, 0.25) is 0 Å². The number of rotatable bonds is 5. The summed E-state index contributed by atoms with van der Waals surface area (Å²) in [6, 6.07) is 0. The summed E-state index contributed by atoms with van der Waals surface area (Å²) < 4.78 is 11.1. The van der Waals surface area contributed by atoms with Gasteiger partial charge in [-0.15, -0.1) is 0 Å². The van der Waals surface area contributed by atoms with Crippen molar-refractivity contribution in [3.8, 4) is 0 Å². The van der Waals surface area contributed by atoms with Gasteiger partial charge in [-0.1, -0.05) is 33.1 Å². The third kappa shape index (κ3) is 1.65. The van der Waals surface area contributed by atoms with Crippen molar-refractivity contribution in [2.24, 2.45) is 0 Å². The van der Waals surface area contributed by atoms with Crippen molar-refractivity contribution in [2.45, 2.75) is 70.0 Å². The lowest BCUT2D eigenvalue weighted by molar-refractivity contribution is -0.150. The molecule has 0 radical (unpaired) electrons. The second-order valence-corrected chi connectivity index (χ2v) is 4.97. The molecule has 1 saturated heterocycles. The quantitative estimate of drug-likeness (QED) is 0.411. The standard InChI is InChI=1S/C13H22O3/c1-3-5-10-15-11(14)13(4-2)12(16-13)8-6-7-9-12/h3-10H2,1-2H3. The molecule has 1 aliphatic carbocycles. The predicted octanol–water partition coefficient (Wildman–Crippen LogP) is 2.82. The molecule has 0 aromatic carbocycles. The van der Waals surface area contributed by atoms with Gasteiger partial charge >= 0.3 is 5.97 Å². The molecule has 1 spiro atoms. The Morgan fingerprint density at radius 3 is 2.56 bits per heavy atom. The number of ether oxygens (including phenoxy) is 2. The smallest absolute Gasteiger partial charge is 0.341 e. The van der Waals surface area contributed by atoms with Gasteiger partial charge in [0.25, 0.3) is 0 Å². The summed E-state index contributed by atoms with van der Waals surface area (Å²) in [5.74, 6) is -0.120. The first-order chi connectivity index (χ1) is 7.71. The van der Waals surface area contributed by atoms with E-state index in [9.17, 15) is 4.79 Å². The molecule has 1 aliphatic heterocycles. The summed E-state index contributed by atoms with van der Waals surface area (Å²) in [5, 5.41) is 0. The van der Waals surface area contributed by atoms with E-state index in [4.69, 9.17) is 9.47 Å². The van der Waals surface area contributed by atoms with Crippen LogP contribution in [-0.4, -0.2) is 23.8 Å². The molecule has 3 heteroatoms. The number of carbonyl (C=O) groups is 1. The lowest BCUT2D eigenvalue weighted by Crippen LogP contribution is -2.34. The van der Waals surface area contributed by atoms with Crippen molar-refractivity contribution in [3.63, 3.8) is 0 Å². The van der Waals surface area contributed by atoms with Crippen molar-refractivity contribution in [1.29, 1.82) is 0 Å². The summed E-state index contributed by atoms with van der Waals surface area (Å²) in [6.07, 6.45) is 7.18. The molecule has 0 aromatic heterocycles. The molecule has 3 nitrogen and oxygen atoms in total. The molecule has 1 atom stereocenters. The van der Waals surface area contributed by atoms with Crippen LogP contribution in [0.2, 0.25) is 0 Å². The van der Waals surface area contributed by atoms with Crippen LogP contribution in [0.3, 0.4) is 0 Å². The molecule has 1 unspecified atom stereocenters. The van der Waals surface area contributed by atoms with E-state index in [0.717, 1.165) is 32.1 Å². The minimum absolute atomic E-state index is 0.120. The first-order valence-electron chi connectivity index (χ1n) is 6.58. The zero-order chi connectivity index (χ0) is 11.6. The largest absolute Gasteiger partial charge is 0.463 e. The number of hydrogen-bond acceptors (Lipinski definition) is 3. The van der Waals surface area contributed by atoms with E-state index in [1.807, 2.05) is 6.92 Å². The molecule has 92 valence electrons. The van der Waals surface area contributed by atoms with Crippen LogP contribution in [0.5, 0.6) is 0 Å². The Bertz CT molecular complexity index is 268. The number of unbranched alkanes of at least 4 members (excludes halogenated alkanes) is 1. The SMILES string of the molecule is CCCCOC(=O)C1(CC)OC12CCCC2. The summed E-state index contributed by atoms with van der Waals surface area (Å²) >= 11 is 0. The zero-order valence-electron chi connectivity index (χ0n) is 10.4. The fourth-order valence-corrected chi connectivity index (χ4v) is 2.95. The maximum absolute atomic E-state index is 12.0. The molecule has 1 saturated carbocycles. The van der Waals surface area contributed by atoms with Gasteiger partial charge < -0.3 is 9.47 Å². The number of carbonyl (C=O) groups excluding carboxylic acids is 1. The lowest BCUT2D eigenvalue weighted by atomic mass is 9.89. The van der Waals surface area contributed by atoms with Crippen molar-refractivity contribution < 1.29 is 14.3 Å². The van der Waals surface area contributed by atoms with Crippen molar-refractivity contribution in [1.82, 2.24) is 0 Å². The highest BCUT2D eigenvalue weighted by Crippen LogP contribution is 2.60. The summed E-state index contributed by atoms with van der Waals surface area (Å²) in [5.41, 5.74) is -0.734. The number of hydrogen-bond donors (Lipinski definition) is 0. The van der Waals surface area contributed by atoms with Gasteiger partial charge in [-0.25, -0.2) is 4.79 Å². The van der Waals surface area contributed by atoms with E-state index in [0.29, 0.717) is 6.61 Å². The molecule has 2 aliphatic rings. The second-order valence-electron chi connectivity index (χ2n) is 4.97. The Labute approximate surface area is 97.5 Å². The highest BCUT2D eigenvalue weighted by Gasteiger charge is 2.74. The number of epoxide rings is 1. The molecule has 0 amide bonds. The van der Waals surface area contributed by atoms with Crippen LogP contribution in [0.25, 0.3) is 0 Å². The molecular formula is C13H22O3. The van der Waals surface area contributed by atoms with E-state index in [2.05, 4.69) is 6.92 Å². The lowest BCUT2D eigenvalue weighted by Gasteiger charge is -2.13. The Kier molecular flexibility index (Phi) is 3.24. The van der Waals surface area contributed by atoms with Crippen molar-refractivity contribution >= 4 is 5.97 Å². The van der Waals surface area contributed by atoms with Crippen LogP contribution in [0, 0.1) is 0 Å². The van der Waals surface area contributed by atoms with Gasteiger partial charge in [0, 0.05) is 0 Å². The van der Waals surface area contributed by atoms with Crippen LogP contribution in [0.1, 0.15) is 58.8 Å². The minimum Gasteiger partial charge on any atom is -0.463 e. The van der Waals surface area contributed by atoms with Gasteiger partial charge in [-0.05, 0) is 25.7 Å². The summed E-state index contributed by atoms with van der Waals surface area (Å²) in [6.45, 7) is 4.65. The predicted molar refractivity (Wildman–Crippen MR) is 61.2 cm³/mol. The molecule has 2 rings (SSSR count). The van der Waals surface area contributed by atoms with Crippen LogP contribution < -0.4 is 0 Å². The molecule has 16 heavy (non-hydrogen) atoms. The number of esters is 1. The van der Waals surface area contributed by atoms with Gasteiger partial charge in [0.1, 0.15) is 5.60 Å². The summed E-state index contributed by atoms with van der Waals surface area (Å²) in [7, 11) is 0. The first kappa shape index (κ1) is 11.9. The van der Waals surface area contributed by atoms with Gasteiger partial charge in [0.05, 0.1) is 6.61 Å². The molecule has 0 aromatic rings. The third-order valence-corrected chi connectivity index (χ3v) is 4.03. The van der Waals surface area contributed by atoms with Crippen LogP contribution in [0.15, 0.2) is 0 Å². The fourth-order valence-electron chi connectivity index (χ4n) is 2.95. The van der Waals surface area contributed by atoms with Crippen molar-refractivity contribution in [2.75, 3.05) is 6.61 Å². The van der Waals surface area contributed by atoms with E-state index < -0.39 is 5.60 Å². The van der Waals surface area contributed by atoms with Crippen LogP contribution in [-0.2, 0) is 14.3 Å². The van der Waals surface area contributed by atoms with E-state index in [1.165, 1.54) is 12.8 Å². The molecule has 0 bridgehead atoms.